The van der Waals surface area contributed by atoms with E-state index in [2.05, 4.69) is 37.1 Å². The number of rotatable bonds is 4. The molecule has 5 nitrogen and oxygen atoms in total. The van der Waals surface area contributed by atoms with Crippen LogP contribution in [0.25, 0.3) is 20.8 Å². The lowest BCUT2D eigenvalue weighted by Gasteiger charge is -2.03. The molecule has 7 heteroatoms. The number of nitrogens with one attached hydrogen (secondary N) is 1. The lowest BCUT2D eigenvalue weighted by Crippen LogP contribution is -2.02. The van der Waals surface area contributed by atoms with Crippen LogP contribution >= 0.6 is 22.7 Å². The first-order valence-corrected chi connectivity index (χ1v) is 9.43. The fourth-order valence-electron chi connectivity index (χ4n) is 2.28. The normalized spacial score (nSPS) is 10.4. The first-order chi connectivity index (χ1) is 12.4. The lowest BCUT2D eigenvalue weighted by atomic mass is 10.3. The van der Waals surface area contributed by atoms with E-state index in [1.807, 2.05) is 35.2 Å². The molecule has 4 heterocycles. The topological polar surface area (TPSA) is 63.6 Å². The van der Waals surface area contributed by atoms with Gasteiger partial charge in [-0.25, -0.2) is 15.0 Å². The zero-order valence-electron chi connectivity index (χ0n) is 13.1. The third-order valence-corrected chi connectivity index (χ3v) is 5.15. The van der Waals surface area contributed by atoms with Crippen LogP contribution in [0, 0.1) is 11.8 Å². The van der Waals surface area contributed by atoms with Crippen molar-refractivity contribution in [2.24, 2.45) is 0 Å². The molecule has 25 heavy (non-hydrogen) atoms. The summed E-state index contributed by atoms with van der Waals surface area (Å²) in [5.74, 6) is 7.13. The minimum atomic E-state index is 0.718. The van der Waals surface area contributed by atoms with Gasteiger partial charge < -0.3 is 5.32 Å². The summed E-state index contributed by atoms with van der Waals surface area (Å²) >= 11 is 3.19. The summed E-state index contributed by atoms with van der Waals surface area (Å²) in [5, 5.41) is 9.31. The van der Waals surface area contributed by atoms with E-state index in [0.717, 1.165) is 45.3 Å². The van der Waals surface area contributed by atoms with Crippen molar-refractivity contribution in [3.8, 4) is 22.4 Å². The first-order valence-electron chi connectivity index (χ1n) is 7.67. The molecule has 4 aromatic rings. The summed E-state index contributed by atoms with van der Waals surface area (Å²) in [6.07, 6.45) is 5.87. The van der Waals surface area contributed by atoms with E-state index in [1.165, 1.54) is 0 Å². The van der Waals surface area contributed by atoms with Crippen molar-refractivity contribution in [3.63, 3.8) is 0 Å². The lowest BCUT2D eigenvalue weighted by molar-refractivity contribution is 1.07. The fourth-order valence-corrected chi connectivity index (χ4v) is 3.76. The van der Waals surface area contributed by atoms with Gasteiger partial charge >= 0.3 is 0 Å². The summed E-state index contributed by atoms with van der Waals surface area (Å²) in [5.41, 5.74) is 1.82. The number of hydrogen-bond acceptors (Lipinski definition) is 7. The summed E-state index contributed by atoms with van der Waals surface area (Å²) in [6.45, 7) is 0.731. The van der Waals surface area contributed by atoms with Crippen LogP contribution in [-0.4, -0.2) is 26.5 Å². The second-order valence-corrected chi connectivity index (χ2v) is 6.87. The van der Waals surface area contributed by atoms with Crippen LogP contribution in [0.3, 0.4) is 0 Å². The Kier molecular flexibility index (Phi) is 4.63. The monoisotopic (exact) mass is 363 g/mol. The maximum atomic E-state index is 4.54. The second-order valence-electron chi connectivity index (χ2n) is 5.12. The molecule has 1 N–H and O–H groups in total. The van der Waals surface area contributed by atoms with E-state index in [0.29, 0.717) is 0 Å². The van der Waals surface area contributed by atoms with E-state index in [-0.39, 0.29) is 0 Å². The Hall–Kier alpha value is -2.82. The van der Waals surface area contributed by atoms with Crippen LogP contribution in [0.2, 0.25) is 0 Å². The van der Waals surface area contributed by atoms with Gasteiger partial charge in [0.15, 0.2) is 0 Å². The average Bonchev–Trinajstić information content (AvgIpc) is 3.32. The molecule has 0 aromatic carbocycles. The number of aromatic nitrogens is 4. The quantitative estimate of drug-likeness (QED) is 0.437. The molecule has 0 aliphatic heterocycles. The molecule has 0 spiro atoms. The third kappa shape index (κ3) is 3.65. The van der Waals surface area contributed by atoms with Crippen LogP contribution in [-0.2, 0) is 0 Å². The molecule has 0 amide bonds. The van der Waals surface area contributed by atoms with Gasteiger partial charge in [-0.15, -0.1) is 22.7 Å². The van der Waals surface area contributed by atoms with Crippen LogP contribution < -0.4 is 5.32 Å². The zero-order chi connectivity index (χ0) is 16.9. The molecular weight excluding hydrogens is 350 g/mol. The molecule has 0 unspecified atom stereocenters. The highest BCUT2D eigenvalue weighted by Gasteiger charge is 2.04. The maximum absolute atomic E-state index is 4.54. The minimum Gasteiger partial charge on any atom is -0.368 e. The molecule has 0 saturated heterocycles. The highest BCUT2D eigenvalue weighted by atomic mass is 32.1. The molecule has 0 radical (unpaired) electrons. The van der Waals surface area contributed by atoms with Crippen molar-refractivity contribution >= 4 is 38.7 Å². The smallest absolute Gasteiger partial charge is 0.138 e. The Morgan fingerprint density at radius 2 is 2.16 bits per heavy atom. The molecule has 4 rings (SSSR count). The average molecular weight is 363 g/mol. The number of anilines is 1. The predicted octanol–water partition coefficient (Wildman–Crippen LogP) is 4.06. The van der Waals surface area contributed by atoms with Crippen molar-refractivity contribution in [3.05, 3.63) is 53.4 Å². The molecule has 0 aliphatic carbocycles. The molecular formula is C18H13N5S2. The largest absolute Gasteiger partial charge is 0.368 e. The standard InChI is InChI=1S/C18H13N5S2/c1(2-8-20-16-15-6-9-24-18(15)22-12-21-16)5-14-11-25-17(23-14)13-4-3-7-19-10-13/h3-4,6-7,9-12H,2,8H2,(H,20,21,22). The highest BCUT2D eigenvalue weighted by molar-refractivity contribution is 7.16. The van der Waals surface area contributed by atoms with Crippen molar-refractivity contribution in [1.82, 2.24) is 19.9 Å². The molecule has 0 aliphatic rings. The van der Waals surface area contributed by atoms with Gasteiger partial charge in [0.1, 0.15) is 27.7 Å². The van der Waals surface area contributed by atoms with Crippen molar-refractivity contribution in [2.75, 3.05) is 11.9 Å². The molecule has 0 saturated carbocycles. The summed E-state index contributed by atoms with van der Waals surface area (Å²) in [7, 11) is 0. The van der Waals surface area contributed by atoms with Gasteiger partial charge in [0.25, 0.3) is 0 Å². The zero-order valence-corrected chi connectivity index (χ0v) is 14.8. The van der Waals surface area contributed by atoms with Gasteiger partial charge in [-0.05, 0) is 29.5 Å². The van der Waals surface area contributed by atoms with E-state index in [1.54, 1.807) is 35.2 Å². The van der Waals surface area contributed by atoms with Gasteiger partial charge in [-0.1, -0.05) is 5.92 Å². The Balaban J connectivity index is 1.35. The van der Waals surface area contributed by atoms with Gasteiger partial charge in [0.2, 0.25) is 0 Å². The number of hydrogen-bond donors (Lipinski definition) is 1. The minimum absolute atomic E-state index is 0.718. The fraction of sp³-hybridized carbons (Fsp3) is 0.111. The predicted molar refractivity (Wildman–Crippen MR) is 103 cm³/mol. The van der Waals surface area contributed by atoms with E-state index >= 15 is 0 Å². The summed E-state index contributed by atoms with van der Waals surface area (Å²) in [4.78, 5) is 18.2. The van der Waals surface area contributed by atoms with Crippen LogP contribution in [0.15, 0.2) is 47.7 Å². The maximum Gasteiger partial charge on any atom is 0.138 e. The summed E-state index contributed by atoms with van der Waals surface area (Å²) in [6, 6.07) is 5.94. The Bertz CT molecular complexity index is 1040. The number of thiazole rings is 1. The molecule has 0 fully saturated rings. The van der Waals surface area contributed by atoms with Gasteiger partial charge in [-0.3, -0.25) is 4.98 Å². The molecule has 0 bridgehead atoms. The molecule has 4 aromatic heterocycles. The highest BCUT2D eigenvalue weighted by Crippen LogP contribution is 2.24. The Morgan fingerprint density at radius 3 is 3.08 bits per heavy atom. The Labute approximate surface area is 152 Å². The third-order valence-electron chi connectivity index (χ3n) is 3.43. The number of thiophene rings is 1. The second kappa shape index (κ2) is 7.38. The Morgan fingerprint density at radius 1 is 1.16 bits per heavy atom. The van der Waals surface area contributed by atoms with Gasteiger partial charge in [-0.2, -0.15) is 0 Å². The molecule has 122 valence electrons. The van der Waals surface area contributed by atoms with Crippen molar-refractivity contribution in [1.29, 1.82) is 0 Å². The van der Waals surface area contributed by atoms with Crippen LogP contribution in [0.5, 0.6) is 0 Å². The van der Waals surface area contributed by atoms with E-state index in [4.69, 9.17) is 0 Å². The van der Waals surface area contributed by atoms with E-state index in [9.17, 15) is 0 Å². The van der Waals surface area contributed by atoms with Crippen LogP contribution in [0.1, 0.15) is 12.1 Å². The van der Waals surface area contributed by atoms with Crippen LogP contribution in [0.4, 0.5) is 5.82 Å². The van der Waals surface area contributed by atoms with Crippen molar-refractivity contribution < 1.29 is 0 Å². The number of nitrogens with zero attached hydrogens (tertiary/aromatic N) is 4. The van der Waals surface area contributed by atoms with E-state index < -0.39 is 0 Å². The SMILES string of the molecule is C(#Cc1csc(-c2cccnc2)n1)CCNc1ncnc2sccc12. The van der Waals surface area contributed by atoms with Crippen molar-refractivity contribution in [2.45, 2.75) is 6.42 Å². The molecule has 0 atom stereocenters. The van der Waals surface area contributed by atoms with Gasteiger partial charge in [0, 0.05) is 36.3 Å². The van der Waals surface area contributed by atoms with Gasteiger partial charge in [0.05, 0.1) is 5.39 Å². The first kappa shape index (κ1) is 15.7. The number of fused-ring (bicyclic) bond motifs is 1. The summed E-state index contributed by atoms with van der Waals surface area (Å²) < 4.78 is 0. The number of pyridine rings is 1.